The van der Waals surface area contributed by atoms with Crippen LogP contribution >= 0.6 is 37.2 Å². The molecule has 0 radical (unpaired) electrons. The first kappa shape index (κ1) is 32.4. The van der Waals surface area contributed by atoms with E-state index in [-0.39, 0.29) is 49.9 Å². The second-order valence-corrected chi connectivity index (χ2v) is 10.9. The molecule has 1 saturated carbocycles. The molecule has 5 nitrogen and oxygen atoms in total. The molecule has 1 aromatic heterocycles. The van der Waals surface area contributed by atoms with E-state index in [1.54, 1.807) is 6.20 Å². The van der Waals surface area contributed by atoms with Crippen LogP contribution in [0, 0.1) is 0 Å². The number of benzene rings is 3. The molecule has 10 heteroatoms. The van der Waals surface area contributed by atoms with Gasteiger partial charge in [0.05, 0.1) is 23.4 Å². The molecular formula is C32H34Cl3F2N3O2. The number of ether oxygens (including phenoxy) is 1. The predicted molar refractivity (Wildman–Crippen MR) is 168 cm³/mol. The van der Waals surface area contributed by atoms with Gasteiger partial charge in [0, 0.05) is 44.3 Å². The number of hydrogen-bond donors (Lipinski definition) is 1. The lowest BCUT2D eigenvalue weighted by Gasteiger charge is -2.41. The Morgan fingerprint density at radius 3 is 2.00 bits per heavy atom. The summed E-state index contributed by atoms with van der Waals surface area (Å²) in [6.45, 7) is 3.89. The molecule has 3 aliphatic rings. The average Bonchev–Trinajstić information content (AvgIpc) is 3.58. The van der Waals surface area contributed by atoms with Crippen LogP contribution in [0.1, 0.15) is 40.1 Å². The normalized spacial score (nSPS) is 21.7. The molecule has 3 aromatic carbocycles. The third-order valence-corrected chi connectivity index (χ3v) is 8.58. The molecule has 7 rings (SSSR count). The summed E-state index contributed by atoms with van der Waals surface area (Å²) in [5.41, 5.74) is 4.44. The van der Waals surface area contributed by atoms with E-state index in [1.807, 2.05) is 78.9 Å². The van der Waals surface area contributed by atoms with E-state index in [0.717, 1.165) is 65.1 Å². The maximum Gasteiger partial charge on any atom is 0.263 e. The Kier molecular flexibility index (Phi) is 10.0. The summed E-state index contributed by atoms with van der Waals surface area (Å²) in [4.78, 5) is 9.04. The minimum Gasteiger partial charge on any atom is -0.490 e. The van der Waals surface area contributed by atoms with Crippen LogP contribution in [0.15, 0.2) is 85.1 Å². The van der Waals surface area contributed by atoms with E-state index in [1.165, 1.54) is 0 Å². The first-order chi connectivity index (χ1) is 19.0. The number of halogens is 5. The molecule has 1 saturated heterocycles. The van der Waals surface area contributed by atoms with Crippen molar-refractivity contribution in [1.82, 2.24) is 14.8 Å². The summed E-state index contributed by atoms with van der Waals surface area (Å²) < 4.78 is 35.9. The highest BCUT2D eigenvalue weighted by molar-refractivity contribution is 5.86. The second-order valence-electron chi connectivity index (χ2n) is 10.9. The molecule has 2 heterocycles. The lowest BCUT2D eigenvalue weighted by atomic mass is 9.90. The molecule has 42 heavy (non-hydrogen) atoms. The van der Waals surface area contributed by atoms with Gasteiger partial charge in [-0.2, -0.15) is 0 Å². The number of alkyl halides is 2. The van der Waals surface area contributed by atoms with Crippen molar-refractivity contribution in [2.75, 3.05) is 39.3 Å². The third-order valence-electron chi connectivity index (χ3n) is 8.58. The zero-order valence-electron chi connectivity index (χ0n) is 22.8. The molecule has 0 spiro atoms. The fourth-order valence-electron chi connectivity index (χ4n) is 6.69. The lowest BCUT2D eigenvalue weighted by molar-refractivity contribution is 0.0400. The van der Waals surface area contributed by atoms with E-state index < -0.39 is 23.9 Å². The highest BCUT2D eigenvalue weighted by Crippen LogP contribution is 2.70. The van der Waals surface area contributed by atoms with E-state index in [0.29, 0.717) is 6.54 Å². The van der Waals surface area contributed by atoms with Crippen LogP contribution in [0.5, 0.6) is 5.75 Å². The maximum absolute atomic E-state index is 15.0. The Hall–Kier alpha value is -2.52. The molecule has 4 aromatic rings. The number of aliphatic hydroxyl groups is 1. The van der Waals surface area contributed by atoms with Crippen LogP contribution in [0.2, 0.25) is 0 Å². The molecule has 1 aliphatic heterocycles. The van der Waals surface area contributed by atoms with Crippen LogP contribution < -0.4 is 4.74 Å². The van der Waals surface area contributed by atoms with Crippen molar-refractivity contribution in [3.63, 3.8) is 0 Å². The SMILES string of the molecule is Cl.Cl.Cl.O[C@@H](COc1cccc2ncccc12)CN1CCN(C2c3ccccc3[C@@H]3[C@@H](c4ccccc42)C3(F)F)CC1. The fourth-order valence-corrected chi connectivity index (χ4v) is 6.69. The molecule has 1 N–H and O–H groups in total. The van der Waals surface area contributed by atoms with E-state index in [4.69, 9.17) is 4.74 Å². The second kappa shape index (κ2) is 13.0. The highest BCUT2D eigenvalue weighted by atomic mass is 35.5. The van der Waals surface area contributed by atoms with Crippen LogP contribution in [0.25, 0.3) is 10.9 Å². The maximum atomic E-state index is 15.0. The summed E-state index contributed by atoms with van der Waals surface area (Å²) in [6, 6.07) is 25.1. The third kappa shape index (κ3) is 5.71. The van der Waals surface area contributed by atoms with Crippen molar-refractivity contribution < 1.29 is 18.6 Å². The summed E-state index contributed by atoms with van der Waals surface area (Å²) in [6.07, 6.45) is 1.13. The Morgan fingerprint density at radius 2 is 1.38 bits per heavy atom. The topological polar surface area (TPSA) is 48.8 Å². The van der Waals surface area contributed by atoms with Crippen molar-refractivity contribution >= 4 is 48.1 Å². The summed E-state index contributed by atoms with van der Waals surface area (Å²) >= 11 is 0. The standard InChI is InChI=1S/C32H31F2N3O2.3ClH/c33-32(34)29-22-7-1-3-9-24(22)31(25-10-4-2-8-23(25)30(29)32)37-17-15-36(16-18-37)19-21(38)20-39-28-13-5-12-27-26(28)11-6-14-35-27;;;/h1-14,21,29-31,38H,15-20H2;3*1H/t21-,29-,30-;;;/m1.../s1. The van der Waals surface area contributed by atoms with E-state index in [2.05, 4.69) is 14.8 Å². The van der Waals surface area contributed by atoms with Crippen molar-refractivity contribution in [1.29, 1.82) is 0 Å². The summed E-state index contributed by atoms with van der Waals surface area (Å²) in [7, 11) is 0. The number of aromatic nitrogens is 1. The first-order valence-electron chi connectivity index (χ1n) is 13.7. The molecule has 0 unspecified atom stereocenters. The number of fused-ring (bicyclic) bond motifs is 6. The van der Waals surface area contributed by atoms with Crippen molar-refractivity contribution in [3.8, 4) is 5.75 Å². The number of pyridine rings is 1. The van der Waals surface area contributed by atoms with Gasteiger partial charge in [0.1, 0.15) is 18.5 Å². The Labute approximate surface area is 263 Å². The highest BCUT2D eigenvalue weighted by Gasteiger charge is 2.71. The number of aliphatic hydroxyl groups excluding tert-OH is 1. The van der Waals surface area contributed by atoms with Gasteiger partial charge in [-0.3, -0.25) is 14.8 Å². The average molecular weight is 637 g/mol. The fraction of sp³-hybridized carbons (Fsp3) is 0.344. The molecule has 0 amide bonds. The van der Waals surface area contributed by atoms with Gasteiger partial charge in [-0.05, 0) is 46.5 Å². The monoisotopic (exact) mass is 635 g/mol. The van der Waals surface area contributed by atoms with Gasteiger partial charge in [0.15, 0.2) is 0 Å². The largest absolute Gasteiger partial charge is 0.490 e. The van der Waals surface area contributed by atoms with Crippen molar-refractivity contribution in [2.45, 2.75) is 29.9 Å². The van der Waals surface area contributed by atoms with Crippen molar-refractivity contribution in [3.05, 3.63) is 107 Å². The van der Waals surface area contributed by atoms with Gasteiger partial charge in [-0.1, -0.05) is 54.6 Å². The number of β-amino-alcohol motifs (C(OH)–C–C–N with tert-alkyl or cyclic N) is 1. The van der Waals surface area contributed by atoms with Gasteiger partial charge in [0.25, 0.3) is 5.92 Å². The molecule has 3 atom stereocenters. The molecule has 2 aliphatic carbocycles. The van der Waals surface area contributed by atoms with Crippen LogP contribution in [-0.2, 0) is 0 Å². The van der Waals surface area contributed by atoms with E-state index >= 15 is 0 Å². The first-order valence-corrected chi connectivity index (χ1v) is 13.7. The molecule has 224 valence electrons. The molecular weight excluding hydrogens is 603 g/mol. The minimum atomic E-state index is -2.70. The summed E-state index contributed by atoms with van der Waals surface area (Å²) in [5.74, 6) is -3.46. The summed E-state index contributed by atoms with van der Waals surface area (Å²) in [5, 5.41) is 11.7. The number of piperazine rings is 1. The van der Waals surface area contributed by atoms with Crippen LogP contribution in [0.3, 0.4) is 0 Å². The zero-order chi connectivity index (χ0) is 26.6. The van der Waals surface area contributed by atoms with Gasteiger partial charge >= 0.3 is 0 Å². The van der Waals surface area contributed by atoms with Crippen LogP contribution in [-0.4, -0.2) is 71.2 Å². The quantitative estimate of drug-likeness (QED) is 0.263. The zero-order valence-corrected chi connectivity index (χ0v) is 25.3. The predicted octanol–water partition coefficient (Wildman–Crippen LogP) is 6.48. The molecule has 0 bridgehead atoms. The van der Waals surface area contributed by atoms with Gasteiger partial charge in [-0.25, -0.2) is 8.78 Å². The Morgan fingerprint density at radius 1 is 0.786 bits per heavy atom. The van der Waals surface area contributed by atoms with Gasteiger partial charge < -0.3 is 9.84 Å². The molecule has 2 fully saturated rings. The van der Waals surface area contributed by atoms with Gasteiger partial charge in [-0.15, -0.1) is 37.2 Å². The Bertz CT molecular complexity index is 1460. The van der Waals surface area contributed by atoms with Crippen LogP contribution in [0.4, 0.5) is 8.78 Å². The van der Waals surface area contributed by atoms with Gasteiger partial charge in [0.2, 0.25) is 0 Å². The van der Waals surface area contributed by atoms with Crippen molar-refractivity contribution in [2.24, 2.45) is 0 Å². The van der Waals surface area contributed by atoms with E-state index in [9.17, 15) is 13.9 Å². The number of nitrogens with zero attached hydrogens (tertiary/aromatic N) is 3. The lowest BCUT2D eigenvalue weighted by Crippen LogP contribution is -2.50. The number of hydrogen-bond acceptors (Lipinski definition) is 5. The smallest absolute Gasteiger partial charge is 0.263 e. The number of rotatable bonds is 6. The Balaban J connectivity index is 0.00000135. The minimum absolute atomic E-state index is 0.